The minimum atomic E-state index is -0.235. The smallest absolute Gasteiger partial charge is 0.254 e. The number of nitrogens with zero attached hydrogens (tertiary/aromatic N) is 2. The third-order valence-corrected chi connectivity index (χ3v) is 5.00. The molecule has 0 bridgehead atoms. The van der Waals surface area contributed by atoms with E-state index in [-0.39, 0.29) is 17.8 Å². The Kier molecular flexibility index (Phi) is 4.97. The summed E-state index contributed by atoms with van der Waals surface area (Å²) in [6.45, 7) is 0.752. The van der Waals surface area contributed by atoms with E-state index in [0.717, 1.165) is 36.3 Å². The van der Waals surface area contributed by atoms with Crippen LogP contribution >= 0.6 is 0 Å². The molecule has 1 amide bonds. The summed E-state index contributed by atoms with van der Waals surface area (Å²) < 4.78 is 13.1. The van der Waals surface area contributed by atoms with E-state index in [1.807, 2.05) is 53.4 Å². The summed E-state index contributed by atoms with van der Waals surface area (Å²) in [6.07, 6.45) is 2.55. The molecule has 1 saturated heterocycles. The van der Waals surface area contributed by atoms with Gasteiger partial charge in [-0.25, -0.2) is 4.39 Å². The standard InChI is InChI=1S/C23H21FN2O/c24-19-13-11-17(12-14-19)16-20-8-4-9-21(25-20)22-10-5-15-26(22)23(27)18-6-2-1-3-7-18/h1-4,6-9,11-14,22H,5,10,15-16H2/t22-/m1/s1. The van der Waals surface area contributed by atoms with E-state index in [2.05, 4.69) is 0 Å². The molecule has 2 aromatic carbocycles. The molecule has 136 valence electrons. The quantitative estimate of drug-likeness (QED) is 0.670. The highest BCUT2D eigenvalue weighted by Gasteiger charge is 2.31. The summed E-state index contributed by atoms with van der Waals surface area (Å²) in [5, 5.41) is 0. The number of likely N-dealkylation sites (tertiary alicyclic amines) is 1. The van der Waals surface area contributed by atoms with Gasteiger partial charge in [-0.2, -0.15) is 0 Å². The third kappa shape index (κ3) is 3.90. The number of rotatable bonds is 4. The topological polar surface area (TPSA) is 33.2 Å². The number of halogens is 1. The first-order valence-corrected chi connectivity index (χ1v) is 9.27. The van der Waals surface area contributed by atoms with Crippen LogP contribution in [0.3, 0.4) is 0 Å². The van der Waals surface area contributed by atoms with Crippen LogP contribution in [0, 0.1) is 5.82 Å². The van der Waals surface area contributed by atoms with Crippen molar-refractivity contribution in [3.8, 4) is 0 Å². The fourth-order valence-corrected chi connectivity index (χ4v) is 3.66. The molecule has 4 rings (SSSR count). The third-order valence-electron chi connectivity index (χ3n) is 5.00. The van der Waals surface area contributed by atoms with Crippen LogP contribution in [0.15, 0.2) is 72.8 Å². The lowest BCUT2D eigenvalue weighted by Crippen LogP contribution is -2.31. The van der Waals surface area contributed by atoms with Crippen molar-refractivity contribution < 1.29 is 9.18 Å². The maximum atomic E-state index is 13.1. The lowest BCUT2D eigenvalue weighted by molar-refractivity contribution is 0.0733. The van der Waals surface area contributed by atoms with Crippen molar-refractivity contribution in [1.29, 1.82) is 0 Å². The van der Waals surface area contributed by atoms with Crippen LogP contribution in [-0.2, 0) is 6.42 Å². The van der Waals surface area contributed by atoms with Gasteiger partial charge in [-0.1, -0.05) is 36.4 Å². The molecule has 0 spiro atoms. The first-order valence-electron chi connectivity index (χ1n) is 9.27. The molecule has 1 fully saturated rings. The highest BCUT2D eigenvalue weighted by atomic mass is 19.1. The van der Waals surface area contributed by atoms with Gasteiger partial charge in [0, 0.05) is 24.2 Å². The van der Waals surface area contributed by atoms with E-state index < -0.39 is 0 Å². The second-order valence-corrected chi connectivity index (χ2v) is 6.88. The highest BCUT2D eigenvalue weighted by molar-refractivity contribution is 5.94. The molecule has 0 unspecified atom stereocenters. The number of hydrogen-bond acceptors (Lipinski definition) is 2. The summed E-state index contributed by atoms with van der Waals surface area (Å²) in [7, 11) is 0. The molecule has 1 aromatic heterocycles. The van der Waals surface area contributed by atoms with Gasteiger partial charge >= 0.3 is 0 Å². The summed E-state index contributed by atoms with van der Waals surface area (Å²) in [6, 6.07) is 21.9. The number of pyridine rings is 1. The normalized spacial score (nSPS) is 16.5. The fraction of sp³-hybridized carbons (Fsp3) is 0.217. The zero-order chi connectivity index (χ0) is 18.6. The number of aromatic nitrogens is 1. The van der Waals surface area contributed by atoms with Crippen LogP contribution in [0.2, 0.25) is 0 Å². The molecule has 3 nitrogen and oxygen atoms in total. The number of carbonyl (C=O) groups is 1. The first kappa shape index (κ1) is 17.4. The van der Waals surface area contributed by atoms with E-state index in [1.165, 1.54) is 12.1 Å². The van der Waals surface area contributed by atoms with Crippen LogP contribution in [0.1, 0.15) is 46.2 Å². The predicted octanol–water partition coefficient (Wildman–Crippen LogP) is 4.79. The van der Waals surface area contributed by atoms with Crippen LogP contribution in [0.4, 0.5) is 4.39 Å². The van der Waals surface area contributed by atoms with E-state index in [4.69, 9.17) is 4.98 Å². The van der Waals surface area contributed by atoms with Gasteiger partial charge in [0.25, 0.3) is 5.91 Å². The first-order chi connectivity index (χ1) is 13.2. The maximum Gasteiger partial charge on any atom is 0.254 e. The lowest BCUT2D eigenvalue weighted by Gasteiger charge is -2.24. The minimum absolute atomic E-state index is 0.00544. The second kappa shape index (κ2) is 7.70. The molecule has 0 N–H and O–H groups in total. The van der Waals surface area contributed by atoms with Gasteiger partial charge in [0.05, 0.1) is 11.7 Å². The van der Waals surface area contributed by atoms with E-state index in [0.29, 0.717) is 12.0 Å². The van der Waals surface area contributed by atoms with E-state index in [9.17, 15) is 9.18 Å². The van der Waals surface area contributed by atoms with Crippen LogP contribution < -0.4 is 0 Å². The molecule has 0 saturated carbocycles. The van der Waals surface area contributed by atoms with Gasteiger partial charge in [0.2, 0.25) is 0 Å². The Bertz CT molecular complexity index is 925. The summed E-state index contributed by atoms with van der Waals surface area (Å²) in [4.78, 5) is 19.6. The molecule has 1 aliphatic heterocycles. The molecule has 0 aliphatic carbocycles. The Balaban J connectivity index is 1.55. The zero-order valence-electron chi connectivity index (χ0n) is 15.0. The molecular formula is C23H21FN2O. The van der Waals surface area contributed by atoms with Crippen LogP contribution in [0.5, 0.6) is 0 Å². The average Bonchev–Trinajstić information content (AvgIpc) is 3.20. The van der Waals surface area contributed by atoms with Crippen LogP contribution in [-0.4, -0.2) is 22.3 Å². The Morgan fingerprint density at radius 2 is 1.78 bits per heavy atom. The van der Waals surface area contributed by atoms with Crippen molar-refractivity contribution >= 4 is 5.91 Å². The number of hydrogen-bond donors (Lipinski definition) is 0. The van der Waals surface area contributed by atoms with Gasteiger partial charge in [-0.3, -0.25) is 9.78 Å². The van der Waals surface area contributed by atoms with Crippen molar-refractivity contribution in [2.75, 3.05) is 6.54 Å². The molecule has 3 aromatic rings. The monoisotopic (exact) mass is 360 g/mol. The summed E-state index contributed by atoms with van der Waals surface area (Å²) >= 11 is 0. The number of amides is 1. The summed E-state index contributed by atoms with van der Waals surface area (Å²) in [5.74, 6) is -0.176. The Morgan fingerprint density at radius 3 is 2.56 bits per heavy atom. The molecule has 4 heteroatoms. The Labute approximate surface area is 158 Å². The van der Waals surface area contributed by atoms with Crippen molar-refractivity contribution in [2.45, 2.75) is 25.3 Å². The van der Waals surface area contributed by atoms with Crippen molar-refractivity contribution in [3.05, 3.63) is 101 Å². The fourth-order valence-electron chi connectivity index (χ4n) is 3.66. The molecule has 27 heavy (non-hydrogen) atoms. The van der Waals surface area contributed by atoms with E-state index in [1.54, 1.807) is 12.1 Å². The molecule has 1 atom stereocenters. The minimum Gasteiger partial charge on any atom is -0.330 e. The summed E-state index contributed by atoms with van der Waals surface area (Å²) in [5.41, 5.74) is 3.59. The second-order valence-electron chi connectivity index (χ2n) is 6.88. The zero-order valence-corrected chi connectivity index (χ0v) is 15.0. The average molecular weight is 360 g/mol. The van der Waals surface area contributed by atoms with Gasteiger partial charge in [-0.15, -0.1) is 0 Å². The largest absolute Gasteiger partial charge is 0.330 e. The molecular weight excluding hydrogens is 339 g/mol. The number of benzene rings is 2. The van der Waals surface area contributed by atoms with Crippen molar-refractivity contribution in [1.82, 2.24) is 9.88 Å². The predicted molar refractivity (Wildman–Crippen MR) is 103 cm³/mol. The van der Waals surface area contributed by atoms with Gasteiger partial charge in [0.1, 0.15) is 5.82 Å². The lowest BCUT2D eigenvalue weighted by atomic mass is 10.1. The SMILES string of the molecule is O=C(c1ccccc1)N1CCC[C@@H]1c1cccc(Cc2ccc(F)cc2)n1. The van der Waals surface area contributed by atoms with Crippen molar-refractivity contribution in [3.63, 3.8) is 0 Å². The maximum absolute atomic E-state index is 13.1. The Morgan fingerprint density at radius 1 is 1.00 bits per heavy atom. The van der Waals surface area contributed by atoms with Gasteiger partial charge in [-0.05, 0) is 54.8 Å². The van der Waals surface area contributed by atoms with Crippen molar-refractivity contribution in [2.24, 2.45) is 0 Å². The molecule has 1 aliphatic rings. The van der Waals surface area contributed by atoms with Crippen LogP contribution in [0.25, 0.3) is 0 Å². The number of carbonyl (C=O) groups excluding carboxylic acids is 1. The van der Waals surface area contributed by atoms with E-state index >= 15 is 0 Å². The Hall–Kier alpha value is -3.01. The highest BCUT2D eigenvalue weighted by Crippen LogP contribution is 2.32. The van der Waals surface area contributed by atoms with Gasteiger partial charge in [0.15, 0.2) is 0 Å². The molecule has 0 radical (unpaired) electrons. The van der Waals surface area contributed by atoms with Gasteiger partial charge < -0.3 is 4.90 Å². The molecule has 2 heterocycles.